The maximum atomic E-state index is 12.0. The molecular formula is C16H14BrIN2O3. The summed E-state index contributed by atoms with van der Waals surface area (Å²) in [7, 11) is 3.13. The summed E-state index contributed by atoms with van der Waals surface area (Å²) < 4.78 is 12.2. The minimum absolute atomic E-state index is 0.267. The number of carbonyl (C=O) groups excluding carboxylic acids is 1. The number of nitrogens with one attached hydrogen (secondary N) is 1. The molecule has 0 atom stereocenters. The van der Waals surface area contributed by atoms with Gasteiger partial charge in [0.1, 0.15) is 0 Å². The molecule has 0 heterocycles. The molecule has 0 fully saturated rings. The lowest BCUT2D eigenvalue weighted by molar-refractivity contribution is 0.0955. The zero-order valence-electron chi connectivity index (χ0n) is 12.5. The van der Waals surface area contributed by atoms with Crippen LogP contribution >= 0.6 is 38.5 Å². The molecule has 0 aliphatic heterocycles. The summed E-state index contributed by atoms with van der Waals surface area (Å²) in [6.07, 6.45) is 1.54. The van der Waals surface area contributed by atoms with Crippen molar-refractivity contribution >= 4 is 50.6 Å². The molecule has 0 bridgehead atoms. The Labute approximate surface area is 156 Å². The van der Waals surface area contributed by atoms with Crippen LogP contribution in [0.4, 0.5) is 0 Å². The number of nitrogens with zero attached hydrogens (tertiary/aromatic N) is 1. The van der Waals surface area contributed by atoms with Crippen LogP contribution < -0.4 is 14.9 Å². The minimum atomic E-state index is -0.267. The molecular weight excluding hydrogens is 475 g/mol. The van der Waals surface area contributed by atoms with Gasteiger partial charge >= 0.3 is 0 Å². The molecule has 1 amide bonds. The quantitative estimate of drug-likeness (QED) is 0.395. The zero-order chi connectivity index (χ0) is 16.8. The Morgan fingerprint density at radius 1 is 1.22 bits per heavy atom. The van der Waals surface area contributed by atoms with Crippen LogP contribution in [0.2, 0.25) is 0 Å². The van der Waals surface area contributed by atoms with Crippen LogP contribution in [-0.4, -0.2) is 26.3 Å². The van der Waals surface area contributed by atoms with Crippen molar-refractivity contribution in [3.05, 3.63) is 55.6 Å². The number of hydrogen-bond acceptors (Lipinski definition) is 4. The van der Waals surface area contributed by atoms with Crippen LogP contribution in [0.15, 0.2) is 46.0 Å². The summed E-state index contributed by atoms with van der Waals surface area (Å²) in [6.45, 7) is 0. The largest absolute Gasteiger partial charge is 0.493 e. The summed E-state index contributed by atoms with van der Waals surface area (Å²) in [6, 6.07) is 10.8. The second kappa shape index (κ2) is 8.30. The van der Waals surface area contributed by atoms with Crippen LogP contribution in [0.5, 0.6) is 11.5 Å². The summed E-state index contributed by atoms with van der Waals surface area (Å²) in [5.74, 6) is 0.928. The highest BCUT2D eigenvalue weighted by Gasteiger charge is 2.08. The number of hydrogen-bond donors (Lipinski definition) is 1. The van der Waals surface area contributed by atoms with Crippen molar-refractivity contribution in [3.8, 4) is 11.5 Å². The number of amides is 1. The van der Waals surface area contributed by atoms with E-state index in [9.17, 15) is 4.79 Å². The molecule has 2 rings (SSSR count). The van der Waals surface area contributed by atoms with Gasteiger partial charge in [-0.25, -0.2) is 5.43 Å². The first-order chi connectivity index (χ1) is 11.0. The number of ether oxygens (including phenoxy) is 2. The Hall–Kier alpha value is -1.61. The van der Waals surface area contributed by atoms with Crippen molar-refractivity contribution in [1.29, 1.82) is 0 Å². The molecule has 2 aromatic rings. The van der Waals surface area contributed by atoms with Gasteiger partial charge in [-0.15, -0.1) is 0 Å². The van der Waals surface area contributed by atoms with Gasteiger partial charge in [0, 0.05) is 19.2 Å². The van der Waals surface area contributed by atoms with Gasteiger partial charge in [0.2, 0.25) is 0 Å². The Morgan fingerprint density at radius 3 is 2.57 bits per heavy atom. The van der Waals surface area contributed by atoms with Gasteiger partial charge in [-0.05, 0) is 68.9 Å². The standard InChI is InChI=1S/C16H14BrIN2O3/c1-22-14-7-11(13(17)8-15(14)23-2)9-19-20-16(21)10-4-3-5-12(18)6-10/h3-9H,1-2H3,(H,20,21)/b19-9+. The van der Waals surface area contributed by atoms with Gasteiger partial charge in [-0.3, -0.25) is 4.79 Å². The molecule has 23 heavy (non-hydrogen) atoms. The Kier molecular flexibility index (Phi) is 6.40. The average Bonchev–Trinajstić information content (AvgIpc) is 2.55. The van der Waals surface area contributed by atoms with Gasteiger partial charge in [0.15, 0.2) is 11.5 Å². The van der Waals surface area contributed by atoms with E-state index >= 15 is 0 Å². The lowest BCUT2D eigenvalue weighted by Gasteiger charge is -2.09. The van der Waals surface area contributed by atoms with Gasteiger partial charge in [0.05, 0.1) is 20.4 Å². The van der Waals surface area contributed by atoms with Crippen molar-refractivity contribution in [3.63, 3.8) is 0 Å². The van der Waals surface area contributed by atoms with Crippen LogP contribution in [0, 0.1) is 3.57 Å². The topological polar surface area (TPSA) is 59.9 Å². The summed E-state index contributed by atoms with van der Waals surface area (Å²) in [5.41, 5.74) is 3.81. The maximum Gasteiger partial charge on any atom is 0.271 e. The van der Waals surface area contributed by atoms with Gasteiger partial charge in [-0.1, -0.05) is 6.07 Å². The average molecular weight is 489 g/mol. The molecule has 0 radical (unpaired) electrons. The molecule has 0 unspecified atom stereocenters. The first kappa shape index (κ1) is 17.7. The van der Waals surface area contributed by atoms with Crippen molar-refractivity contribution in [2.45, 2.75) is 0 Å². The normalized spacial score (nSPS) is 10.6. The SMILES string of the molecule is COc1cc(Br)c(/C=N/NC(=O)c2cccc(I)c2)cc1OC. The van der Waals surface area contributed by atoms with Crippen molar-refractivity contribution in [2.75, 3.05) is 14.2 Å². The molecule has 120 valence electrons. The lowest BCUT2D eigenvalue weighted by Crippen LogP contribution is -2.17. The van der Waals surface area contributed by atoms with E-state index in [1.165, 1.54) is 6.21 Å². The summed E-state index contributed by atoms with van der Waals surface area (Å²) >= 11 is 5.59. The number of hydrazone groups is 1. The molecule has 0 aliphatic rings. The molecule has 0 aliphatic carbocycles. The first-order valence-electron chi connectivity index (χ1n) is 6.55. The lowest BCUT2D eigenvalue weighted by atomic mass is 10.2. The molecule has 0 aromatic heterocycles. The van der Waals surface area contributed by atoms with Gasteiger partial charge < -0.3 is 9.47 Å². The van der Waals surface area contributed by atoms with E-state index in [2.05, 4.69) is 49.0 Å². The molecule has 0 saturated heterocycles. The molecule has 0 spiro atoms. The van der Waals surface area contributed by atoms with Crippen molar-refractivity contribution < 1.29 is 14.3 Å². The van der Waals surface area contributed by atoms with E-state index in [0.717, 1.165) is 13.6 Å². The molecule has 2 aromatic carbocycles. The van der Waals surface area contributed by atoms with Gasteiger partial charge in [-0.2, -0.15) is 5.10 Å². The predicted octanol–water partition coefficient (Wildman–Crippen LogP) is 3.83. The minimum Gasteiger partial charge on any atom is -0.493 e. The van der Waals surface area contributed by atoms with E-state index in [1.807, 2.05) is 12.1 Å². The Morgan fingerprint density at radius 2 is 1.91 bits per heavy atom. The Balaban J connectivity index is 2.13. The second-order valence-corrected chi connectivity index (χ2v) is 6.54. The monoisotopic (exact) mass is 488 g/mol. The highest BCUT2D eigenvalue weighted by atomic mass is 127. The third-order valence-corrected chi connectivity index (χ3v) is 4.32. The number of benzene rings is 2. The molecule has 5 nitrogen and oxygen atoms in total. The van der Waals surface area contributed by atoms with E-state index in [-0.39, 0.29) is 5.91 Å². The first-order valence-corrected chi connectivity index (χ1v) is 8.43. The van der Waals surface area contributed by atoms with E-state index in [4.69, 9.17) is 9.47 Å². The Bertz CT molecular complexity index is 750. The molecule has 7 heteroatoms. The third kappa shape index (κ3) is 4.68. The third-order valence-electron chi connectivity index (χ3n) is 2.96. The zero-order valence-corrected chi connectivity index (χ0v) is 16.2. The fourth-order valence-electron chi connectivity index (χ4n) is 1.82. The highest BCUT2D eigenvalue weighted by Crippen LogP contribution is 2.32. The highest BCUT2D eigenvalue weighted by molar-refractivity contribution is 14.1. The smallest absolute Gasteiger partial charge is 0.271 e. The fraction of sp³-hybridized carbons (Fsp3) is 0.125. The van der Waals surface area contributed by atoms with Gasteiger partial charge in [0.25, 0.3) is 5.91 Å². The maximum absolute atomic E-state index is 12.0. The molecule has 1 N–H and O–H groups in total. The van der Waals surface area contributed by atoms with Crippen LogP contribution in [0.25, 0.3) is 0 Å². The number of rotatable bonds is 5. The molecule has 0 saturated carbocycles. The number of carbonyl (C=O) groups is 1. The number of methoxy groups -OCH3 is 2. The van der Waals surface area contributed by atoms with Crippen LogP contribution in [0.1, 0.15) is 15.9 Å². The van der Waals surface area contributed by atoms with E-state index < -0.39 is 0 Å². The number of halogens is 2. The van der Waals surface area contributed by atoms with E-state index in [1.54, 1.807) is 38.5 Å². The summed E-state index contributed by atoms with van der Waals surface area (Å²) in [5, 5.41) is 3.99. The summed E-state index contributed by atoms with van der Waals surface area (Å²) in [4.78, 5) is 12.0. The van der Waals surface area contributed by atoms with Crippen molar-refractivity contribution in [2.24, 2.45) is 5.10 Å². The fourth-order valence-corrected chi connectivity index (χ4v) is 2.79. The predicted molar refractivity (Wildman–Crippen MR) is 101 cm³/mol. The second-order valence-electron chi connectivity index (χ2n) is 4.44. The van der Waals surface area contributed by atoms with Crippen LogP contribution in [-0.2, 0) is 0 Å². The van der Waals surface area contributed by atoms with Crippen LogP contribution in [0.3, 0.4) is 0 Å². The van der Waals surface area contributed by atoms with E-state index in [0.29, 0.717) is 17.1 Å². The van der Waals surface area contributed by atoms with Crippen molar-refractivity contribution in [1.82, 2.24) is 5.43 Å².